The standard InChI is InChI=1S/C22H28BrN3O5S/c1-5-31-22(28)19-14(2)25(4)15(3)20(19)32(29,30)26-11-7-8-16(13-26)21(27)24-18-10-6-9-17(23)12-18/h6,9-10,12,16H,5,7-8,11,13H2,1-4H3,(H,24,27)/t16-/m0/s1. The van der Waals surface area contributed by atoms with Crippen molar-refractivity contribution in [2.24, 2.45) is 13.0 Å². The monoisotopic (exact) mass is 525 g/mol. The van der Waals surface area contributed by atoms with Gasteiger partial charge in [0.05, 0.1) is 12.5 Å². The maximum atomic E-state index is 13.6. The van der Waals surface area contributed by atoms with Crippen LogP contribution in [-0.2, 0) is 26.6 Å². The van der Waals surface area contributed by atoms with Gasteiger partial charge in [-0.15, -0.1) is 0 Å². The van der Waals surface area contributed by atoms with Gasteiger partial charge in [0.25, 0.3) is 0 Å². The largest absolute Gasteiger partial charge is 0.462 e. The lowest BCUT2D eigenvalue weighted by atomic mass is 9.99. The number of sulfonamides is 1. The minimum Gasteiger partial charge on any atom is -0.462 e. The summed E-state index contributed by atoms with van der Waals surface area (Å²) in [6, 6.07) is 7.24. The first-order valence-corrected chi connectivity index (χ1v) is 12.7. The smallest absolute Gasteiger partial charge is 0.341 e. The van der Waals surface area contributed by atoms with Gasteiger partial charge in [-0.1, -0.05) is 22.0 Å². The van der Waals surface area contributed by atoms with Gasteiger partial charge in [-0.3, -0.25) is 4.79 Å². The molecular formula is C22H28BrN3O5S. The molecule has 32 heavy (non-hydrogen) atoms. The van der Waals surface area contributed by atoms with Crippen LogP contribution in [0.3, 0.4) is 0 Å². The fraction of sp³-hybridized carbons (Fsp3) is 0.455. The van der Waals surface area contributed by atoms with E-state index in [1.807, 2.05) is 12.1 Å². The quantitative estimate of drug-likeness (QED) is 0.580. The molecule has 1 amide bonds. The van der Waals surface area contributed by atoms with Gasteiger partial charge < -0.3 is 14.6 Å². The Hall–Kier alpha value is -2.17. The fourth-order valence-corrected chi connectivity index (χ4v) is 6.39. The Kier molecular flexibility index (Phi) is 7.46. The summed E-state index contributed by atoms with van der Waals surface area (Å²) in [6.45, 7) is 5.53. The van der Waals surface area contributed by atoms with Gasteiger partial charge in [0.2, 0.25) is 15.9 Å². The molecule has 0 radical (unpaired) electrons. The number of nitrogens with zero attached hydrogens (tertiary/aromatic N) is 2. The van der Waals surface area contributed by atoms with E-state index in [1.165, 1.54) is 4.31 Å². The molecule has 1 aromatic carbocycles. The topological polar surface area (TPSA) is 97.7 Å². The number of aromatic nitrogens is 1. The highest BCUT2D eigenvalue weighted by Crippen LogP contribution is 2.32. The SMILES string of the molecule is CCOC(=O)c1c(S(=O)(=O)N2CCC[C@H](C(=O)Nc3cccc(Br)c3)C2)c(C)n(C)c1C. The summed E-state index contributed by atoms with van der Waals surface area (Å²) < 4.78 is 36.2. The molecule has 174 valence electrons. The van der Waals surface area contributed by atoms with Gasteiger partial charge in [0.15, 0.2) is 0 Å². The minimum atomic E-state index is -4.01. The predicted molar refractivity (Wildman–Crippen MR) is 125 cm³/mol. The second-order valence-electron chi connectivity index (χ2n) is 7.86. The maximum absolute atomic E-state index is 13.6. The van der Waals surface area contributed by atoms with E-state index < -0.39 is 21.9 Å². The van der Waals surface area contributed by atoms with Gasteiger partial charge in [0.1, 0.15) is 10.5 Å². The zero-order chi connectivity index (χ0) is 23.6. The molecule has 0 aliphatic carbocycles. The van der Waals surface area contributed by atoms with Crippen LogP contribution in [0.1, 0.15) is 41.5 Å². The first-order valence-electron chi connectivity index (χ1n) is 10.5. The van der Waals surface area contributed by atoms with Gasteiger partial charge in [-0.25, -0.2) is 13.2 Å². The van der Waals surface area contributed by atoms with Crippen LogP contribution in [0.4, 0.5) is 5.69 Å². The van der Waals surface area contributed by atoms with E-state index in [0.717, 1.165) is 4.47 Å². The summed E-state index contributed by atoms with van der Waals surface area (Å²) in [5.74, 6) is -1.38. The van der Waals surface area contributed by atoms with Crippen molar-refractivity contribution >= 4 is 43.5 Å². The van der Waals surface area contributed by atoms with Crippen LogP contribution < -0.4 is 5.32 Å². The number of piperidine rings is 1. The highest BCUT2D eigenvalue weighted by Gasteiger charge is 2.39. The van der Waals surface area contributed by atoms with Crippen LogP contribution in [0.2, 0.25) is 0 Å². The second kappa shape index (κ2) is 9.76. The number of nitrogens with one attached hydrogen (secondary N) is 1. The van der Waals surface area contributed by atoms with E-state index in [1.54, 1.807) is 44.5 Å². The summed E-state index contributed by atoms with van der Waals surface area (Å²) in [4.78, 5) is 25.4. The third-order valence-corrected chi connectivity index (χ3v) is 8.37. The molecule has 3 rings (SSSR count). The molecule has 0 spiro atoms. The maximum Gasteiger partial charge on any atom is 0.341 e. The number of hydrogen-bond donors (Lipinski definition) is 1. The molecule has 2 heterocycles. The molecule has 0 saturated carbocycles. The van der Waals surface area contributed by atoms with E-state index in [4.69, 9.17) is 4.74 Å². The number of ether oxygens (including phenoxy) is 1. The lowest BCUT2D eigenvalue weighted by molar-refractivity contribution is -0.120. The summed E-state index contributed by atoms with van der Waals surface area (Å²) in [6.07, 6.45) is 1.14. The van der Waals surface area contributed by atoms with E-state index in [0.29, 0.717) is 36.5 Å². The van der Waals surface area contributed by atoms with Gasteiger partial charge in [-0.2, -0.15) is 4.31 Å². The summed E-state index contributed by atoms with van der Waals surface area (Å²) in [7, 11) is -2.29. The van der Waals surface area contributed by atoms with Crippen molar-refractivity contribution in [3.05, 3.63) is 45.7 Å². The van der Waals surface area contributed by atoms with Crippen molar-refractivity contribution in [2.45, 2.75) is 38.5 Å². The summed E-state index contributed by atoms with van der Waals surface area (Å²) >= 11 is 3.38. The Morgan fingerprint density at radius 1 is 1.25 bits per heavy atom. The number of carbonyl (C=O) groups excluding carboxylic acids is 2. The molecule has 8 nitrogen and oxygen atoms in total. The normalized spacial score (nSPS) is 17.2. The van der Waals surface area contributed by atoms with Crippen LogP contribution in [0.5, 0.6) is 0 Å². The number of benzene rings is 1. The second-order valence-corrected chi connectivity index (χ2v) is 10.6. The lowest BCUT2D eigenvalue weighted by Crippen LogP contribution is -2.44. The van der Waals surface area contributed by atoms with Crippen molar-refractivity contribution in [3.63, 3.8) is 0 Å². The van der Waals surface area contributed by atoms with E-state index >= 15 is 0 Å². The number of carbonyl (C=O) groups is 2. The van der Waals surface area contributed by atoms with Gasteiger partial charge in [0, 0.05) is 41.7 Å². The summed E-state index contributed by atoms with van der Waals surface area (Å²) in [5.41, 5.74) is 1.70. The Morgan fingerprint density at radius 3 is 2.62 bits per heavy atom. The number of hydrogen-bond acceptors (Lipinski definition) is 5. The molecule has 0 bridgehead atoms. The Bertz CT molecular complexity index is 1140. The van der Waals surface area contributed by atoms with E-state index in [2.05, 4.69) is 21.2 Å². The zero-order valence-corrected chi connectivity index (χ0v) is 21.0. The van der Waals surface area contributed by atoms with Crippen molar-refractivity contribution in [1.82, 2.24) is 8.87 Å². The highest BCUT2D eigenvalue weighted by molar-refractivity contribution is 9.10. The molecule has 1 N–H and O–H groups in total. The highest BCUT2D eigenvalue weighted by atomic mass is 79.9. The molecule has 2 aromatic rings. The summed E-state index contributed by atoms with van der Waals surface area (Å²) in [5, 5.41) is 2.87. The molecule has 10 heteroatoms. The van der Waals surface area contributed by atoms with E-state index in [-0.39, 0.29) is 29.5 Å². The number of amides is 1. The molecule has 1 fully saturated rings. The zero-order valence-electron chi connectivity index (χ0n) is 18.6. The van der Waals surface area contributed by atoms with Crippen LogP contribution in [0, 0.1) is 19.8 Å². The molecule has 1 atom stereocenters. The molecule has 1 saturated heterocycles. The third-order valence-electron chi connectivity index (χ3n) is 5.85. The molecule has 1 aliphatic heterocycles. The molecular weight excluding hydrogens is 498 g/mol. The van der Waals surface area contributed by atoms with Gasteiger partial charge in [-0.05, 0) is 51.8 Å². The number of anilines is 1. The van der Waals surface area contributed by atoms with Crippen molar-refractivity contribution in [3.8, 4) is 0 Å². The third kappa shape index (κ3) is 4.77. The van der Waals surface area contributed by atoms with Gasteiger partial charge >= 0.3 is 5.97 Å². The molecule has 1 aromatic heterocycles. The Balaban J connectivity index is 1.88. The van der Waals surface area contributed by atoms with Crippen molar-refractivity contribution in [2.75, 3.05) is 25.0 Å². The Labute approximate surface area is 197 Å². The first kappa shape index (κ1) is 24.5. The van der Waals surface area contributed by atoms with Crippen LogP contribution in [0.15, 0.2) is 33.6 Å². The molecule has 1 aliphatic rings. The number of esters is 1. The number of rotatable bonds is 6. The van der Waals surface area contributed by atoms with E-state index in [9.17, 15) is 18.0 Å². The predicted octanol–water partition coefficient (Wildman–Crippen LogP) is 3.62. The fourth-order valence-electron chi connectivity index (χ4n) is 3.99. The van der Waals surface area contributed by atoms with Crippen molar-refractivity contribution in [1.29, 1.82) is 0 Å². The van der Waals surface area contributed by atoms with Crippen LogP contribution in [0.25, 0.3) is 0 Å². The average Bonchev–Trinajstić information content (AvgIpc) is 2.98. The lowest BCUT2D eigenvalue weighted by Gasteiger charge is -2.31. The van der Waals surface area contributed by atoms with Crippen LogP contribution >= 0.6 is 15.9 Å². The van der Waals surface area contributed by atoms with Crippen molar-refractivity contribution < 1.29 is 22.7 Å². The van der Waals surface area contributed by atoms with Crippen LogP contribution in [-0.4, -0.2) is 48.9 Å². The Morgan fingerprint density at radius 2 is 1.97 bits per heavy atom. The first-order chi connectivity index (χ1) is 15.1. The average molecular weight is 526 g/mol. The molecule has 0 unspecified atom stereocenters. The minimum absolute atomic E-state index is 0.0380. The number of halogens is 1.